The SMILES string of the molecule is Cc1cccc(-c2nc3sc4c(c3c(=O)n2CC(=O)Nc2ccc(C(=O)OC(C)C)cc2)CCCC4)c1. The van der Waals surface area contributed by atoms with Gasteiger partial charge in [-0.15, -0.1) is 11.3 Å². The first-order valence-corrected chi connectivity index (χ1v) is 13.3. The second-order valence-electron chi connectivity index (χ2n) is 9.67. The molecule has 0 spiro atoms. The quantitative estimate of drug-likeness (QED) is 0.342. The molecule has 0 saturated heterocycles. The van der Waals surface area contributed by atoms with E-state index in [2.05, 4.69) is 5.32 Å². The third kappa shape index (κ3) is 5.20. The van der Waals surface area contributed by atoms with Gasteiger partial charge in [0.25, 0.3) is 5.56 Å². The van der Waals surface area contributed by atoms with E-state index in [0.717, 1.165) is 47.2 Å². The van der Waals surface area contributed by atoms with Gasteiger partial charge >= 0.3 is 5.97 Å². The minimum atomic E-state index is -0.416. The number of carbonyl (C=O) groups is 2. The number of thiophene rings is 1. The third-order valence-corrected chi connectivity index (χ3v) is 7.59. The Morgan fingerprint density at radius 2 is 1.86 bits per heavy atom. The topological polar surface area (TPSA) is 90.3 Å². The fraction of sp³-hybridized carbons (Fsp3) is 0.310. The van der Waals surface area contributed by atoms with Gasteiger partial charge in [0.2, 0.25) is 5.91 Å². The summed E-state index contributed by atoms with van der Waals surface area (Å²) in [4.78, 5) is 46.0. The first-order chi connectivity index (χ1) is 17.8. The zero-order valence-electron chi connectivity index (χ0n) is 21.2. The number of hydrogen-bond donors (Lipinski definition) is 1. The van der Waals surface area contributed by atoms with Crippen molar-refractivity contribution < 1.29 is 14.3 Å². The first-order valence-electron chi connectivity index (χ1n) is 12.5. The van der Waals surface area contributed by atoms with Gasteiger partial charge in [-0.3, -0.25) is 14.2 Å². The Morgan fingerprint density at radius 3 is 2.59 bits per heavy atom. The zero-order chi connectivity index (χ0) is 26.1. The van der Waals surface area contributed by atoms with Crippen molar-refractivity contribution in [3.05, 3.63) is 80.5 Å². The van der Waals surface area contributed by atoms with E-state index in [9.17, 15) is 14.4 Å². The summed E-state index contributed by atoms with van der Waals surface area (Å²) in [6, 6.07) is 14.3. The molecule has 5 rings (SSSR count). The van der Waals surface area contributed by atoms with E-state index in [0.29, 0.717) is 22.5 Å². The minimum absolute atomic E-state index is 0.174. The van der Waals surface area contributed by atoms with E-state index in [1.54, 1.807) is 49.4 Å². The molecule has 0 aliphatic heterocycles. The van der Waals surface area contributed by atoms with Crippen LogP contribution in [0, 0.1) is 6.92 Å². The number of ether oxygens (including phenoxy) is 1. The molecule has 37 heavy (non-hydrogen) atoms. The minimum Gasteiger partial charge on any atom is -0.459 e. The molecule has 2 aromatic carbocycles. The van der Waals surface area contributed by atoms with Crippen molar-refractivity contribution >= 4 is 39.1 Å². The number of hydrogen-bond acceptors (Lipinski definition) is 6. The van der Waals surface area contributed by atoms with Gasteiger partial charge in [-0.2, -0.15) is 0 Å². The van der Waals surface area contributed by atoms with Crippen molar-refractivity contribution in [2.75, 3.05) is 5.32 Å². The monoisotopic (exact) mass is 515 g/mol. The lowest BCUT2D eigenvalue weighted by Gasteiger charge is -2.14. The second kappa shape index (κ2) is 10.3. The molecule has 0 unspecified atom stereocenters. The molecular formula is C29H29N3O4S. The Labute approximate surface area is 219 Å². The van der Waals surface area contributed by atoms with Crippen LogP contribution in [0.2, 0.25) is 0 Å². The predicted molar refractivity (Wildman–Crippen MR) is 146 cm³/mol. The van der Waals surface area contributed by atoms with Gasteiger partial charge in [-0.1, -0.05) is 23.8 Å². The van der Waals surface area contributed by atoms with Crippen molar-refractivity contribution in [1.82, 2.24) is 9.55 Å². The van der Waals surface area contributed by atoms with Gasteiger partial charge < -0.3 is 10.1 Å². The highest BCUT2D eigenvalue weighted by Crippen LogP contribution is 2.35. The van der Waals surface area contributed by atoms with E-state index in [1.807, 2.05) is 31.2 Å². The number of nitrogens with zero attached hydrogens (tertiary/aromatic N) is 2. The van der Waals surface area contributed by atoms with Gasteiger partial charge in [-0.25, -0.2) is 9.78 Å². The highest BCUT2D eigenvalue weighted by molar-refractivity contribution is 7.18. The summed E-state index contributed by atoms with van der Waals surface area (Å²) >= 11 is 1.60. The molecule has 0 radical (unpaired) electrons. The van der Waals surface area contributed by atoms with Crippen molar-refractivity contribution in [3.8, 4) is 11.4 Å². The Kier molecular flexibility index (Phi) is 6.93. The molecule has 2 heterocycles. The van der Waals surface area contributed by atoms with Crippen LogP contribution in [-0.2, 0) is 28.9 Å². The van der Waals surface area contributed by atoms with Crippen LogP contribution in [0.5, 0.6) is 0 Å². The Balaban J connectivity index is 1.48. The van der Waals surface area contributed by atoms with Crippen LogP contribution >= 0.6 is 11.3 Å². The summed E-state index contributed by atoms with van der Waals surface area (Å²) in [6.07, 6.45) is 3.80. The Hall–Kier alpha value is -3.78. The normalized spacial score (nSPS) is 13.0. The Morgan fingerprint density at radius 1 is 1.11 bits per heavy atom. The van der Waals surface area contributed by atoms with E-state index in [4.69, 9.17) is 9.72 Å². The summed E-state index contributed by atoms with van der Waals surface area (Å²) in [7, 11) is 0. The molecule has 0 bridgehead atoms. The molecule has 0 atom stereocenters. The molecule has 8 heteroatoms. The van der Waals surface area contributed by atoms with Crippen LogP contribution in [-0.4, -0.2) is 27.5 Å². The number of benzene rings is 2. The first kappa shape index (κ1) is 24.9. The number of rotatable bonds is 6. The fourth-order valence-electron chi connectivity index (χ4n) is 4.71. The molecular weight excluding hydrogens is 486 g/mol. The number of aromatic nitrogens is 2. The number of amides is 1. The lowest BCUT2D eigenvalue weighted by molar-refractivity contribution is -0.116. The van der Waals surface area contributed by atoms with Crippen molar-refractivity contribution in [2.45, 2.75) is 59.1 Å². The van der Waals surface area contributed by atoms with Crippen LogP contribution in [0.25, 0.3) is 21.6 Å². The van der Waals surface area contributed by atoms with E-state index in [-0.39, 0.29) is 24.1 Å². The standard InChI is InChI=1S/C29H29N3O4S/c1-17(2)36-29(35)19-11-13-21(14-12-19)30-24(33)16-32-26(20-8-6-7-18(3)15-20)31-27-25(28(32)34)22-9-4-5-10-23(22)37-27/h6-8,11-15,17H,4-5,9-10,16H2,1-3H3,(H,30,33). The van der Waals surface area contributed by atoms with Gasteiger partial charge in [0.15, 0.2) is 0 Å². The van der Waals surface area contributed by atoms with Gasteiger partial charge in [-0.05, 0) is 82.3 Å². The number of aryl methyl sites for hydroxylation is 3. The highest BCUT2D eigenvalue weighted by atomic mass is 32.1. The molecule has 4 aromatic rings. The summed E-state index contributed by atoms with van der Waals surface area (Å²) in [5.74, 6) is -0.277. The summed E-state index contributed by atoms with van der Waals surface area (Å²) in [5.41, 5.74) is 3.69. The largest absolute Gasteiger partial charge is 0.459 e. The number of nitrogens with one attached hydrogen (secondary N) is 1. The van der Waals surface area contributed by atoms with Crippen LogP contribution in [0.3, 0.4) is 0 Å². The maximum atomic E-state index is 13.8. The van der Waals surface area contributed by atoms with Crippen LogP contribution in [0.15, 0.2) is 53.3 Å². The summed E-state index contributed by atoms with van der Waals surface area (Å²) in [6.45, 7) is 5.39. The van der Waals surface area contributed by atoms with Crippen LogP contribution < -0.4 is 10.9 Å². The molecule has 2 aromatic heterocycles. The molecule has 1 amide bonds. The van der Waals surface area contributed by atoms with Crippen LogP contribution in [0.1, 0.15) is 53.1 Å². The maximum Gasteiger partial charge on any atom is 0.338 e. The van der Waals surface area contributed by atoms with Gasteiger partial charge in [0.1, 0.15) is 17.2 Å². The molecule has 0 saturated carbocycles. The summed E-state index contributed by atoms with van der Waals surface area (Å²) < 4.78 is 6.70. The third-order valence-electron chi connectivity index (χ3n) is 6.40. The fourth-order valence-corrected chi connectivity index (χ4v) is 5.96. The van der Waals surface area contributed by atoms with E-state index in [1.165, 1.54) is 9.44 Å². The van der Waals surface area contributed by atoms with Crippen LogP contribution in [0.4, 0.5) is 5.69 Å². The molecule has 1 N–H and O–H groups in total. The zero-order valence-corrected chi connectivity index (χ0v) is 22.0. The van der Waals surface area contributed by atoms with Gasteiger partial charge in [0.05, 0.1) is 17.1 Å². The maximum absolute atomic E-state index is 13.8. The second-order valence-corrected chi connectivity index (χ2v) is 10.8. The van der Waals surface area contributed by atoms with Crippen molar-refractivity contribution in [2.24, 2.45) is 0 Å². The number of carbonyl (C=O) groups excluding carboxylic acids is 2. The molecule has 190 valence electrons. The highest BCUT2D eigenvalue weighted by Gasteiger charge is 2.23. The van der Waals surface area contributed by atoms with Crippen molar-refractivity contribution in [3.63, 3.8) is 0 Å². The molecule has 1 aliphatic rings. The smallest absolute Gasteiger partial charge is 0.338 e. The van der Waals surface area contributed by atoms with E-state index < -0.39 is 5.97 Å². The number of anilines is 1. The average molecular weight is 516 g/mol. The van der Waals surface area contributed by atoms with E-state index >= 15 is 0 Å². The summed E-state index contributed by atoms with van der Waals surface area (Å²) in [5, 5.41) is 3.49. The lowest BCUT2D eigenvalue weighted by atomic mass is 9.97. The van der Waals surface area contributed by atoms with Crippen molar-refractivity contribution in [1.29, 1.82) is 0 Å². The number of fused-ring (bicyclic) bond motifs is 3. The molecule has 0 fully saturated rings. The average Bonchev–Trinajstić information content (AvgIpc) is 3.24. The predicted octanol–water partition coefficient (Wildman–Crippen LogP) is 5.52. The lowest BCUT2D eigenvalue weighted by Crippen LogP contribution is -2.30. The van der Waals surface area contributed by atoms with Gasteiger partial charge in [0, 0.05) is 16.1 Å². The molecule has 1 aliphatic carbocycles. The Bertz CT molecular complexity index is 1550. The molecule has 7 nitrogen and oxygen atoms in total. The number of esters is 1.